The van der Waals surface area contributed by atoms with Crippen LogP contribution >= 0.6 is 0 Å². The Labute approximate surface area is 93.5 Å². The molecule has 0 spiro atoms. The molecule has 0 atom stereocenters. The highest BCUT2D eigenvalue weighted by atomic mass is 16.4. The van der Waals surface area contributed by atoms with Gasteiger partial charge in [0.15, 0.2) is 0 Å². The van der Waals surface area contributed by atoms with Crippen LogP contribution in [-0.2, 0) is 9.59 Å². The van der Waals surface area contributed by atoms with E-state index in [-0.39, 0.29) is 0 Å². The second kappa shape index (κ2) is 9.32. The van der Waals surface area contributed by atoms with Crippen molar-refractivity contribution in [1.82, 2.24) is 0 Å². The lowest BCUT2D eigenvalue weighted by Gasteiger charge is -1.94. The molecule has 0 radical (unpaired) electrons. The van der Waals surface area contributed by atoms with E-state index in [1.54, 1.807) is 12.1 Å². The summed E-state index contributed by atoms with van der Waals surface area (Å²) in [4.78, 5) is 18.0. The van der Waals surface area contributed by atoms with Gasteiger partial charge >= 0.3 is 0 Å². The number of nitrogen functional groups attached to an aromatic ring is 2. The first-order valence-electron chi connectivity index (χ1n) is 4.26. The van der Waals surface area contributed by atoms with E-state index in [1.165, 1.54) is 0 Å². The van der Waals surface area contributed by atoms with Crippen molar-refractivity contribution in [1.29, 1.82) is 0 Å². The third-order valence-electron chi connectivity index (χ3n) is 0.996. The number of rotatable bonds is 0. The minimum absolute atomic E-state index is 0.646. The number of aliphatic carboxylic acids is 2. The van der Waals surface area contributed by atoms with Gasteiger partial charge in [-0.1, -0.05) is 12.1 Å². The molecule has 1 aromatic carbocycles. The van der Waals surface area contributed by atoms with Gasteiger partial charge in [-0.25, -0.2) is 0 Å². The average molecular weight is 228 g/mol. The zero-order valence-corrected chi connectivity index (χ0v) is 9.18. The minimum atomic E-state index is -0.833. The first-order valence-corrected chi connectivity index (χ1v) is 4.26. The third-order valence-corrected chi connectivity index (χ3v) is 0.996. The van der Waals surface area contributed by atoms with Crippen LogP contribution in [0.15, 0.2) is 24.3 Å². The Morgan fingerprint density at radius 3 is 1.25 bits per heavy atom. The predicted molar refractivity (Wildman–Crippen MR) is 61.9 cm³/mol. The number of hydrogen-bond acceptors (Lipinski definition) is 4. The van der Waals surface area contributed by atoms with Crippen molar-refractivity contribution in [3.8, 4) is 0 Å². The van der Waals surface area contributed by atoms with Crippen LogP contribution in [0.1, 0.15) is 13.8 Å². The average Bonchev–Trinajstić information content (AvgIpc) is 2.08. The van der Waals surface area contributed by atoms with E-state index in [9.17, 15) is 0 Å². The normalized spacial score (nSPS) is 7.62. The van der Waals surface area contributed by atoms with E-state index in [0.29, 0.717) is 11.4 Å². The monoisotopic (exact) mass is 228 g/mol. The molecule has 6 N–H and O–H groups in total. The lowest BCUT2D eigenvalue weighted by atomic mass is 10.3. The van der Waals surface area contributed by atoms with Crippen LogP contribution in [0.3, 0.4) is 0 Å². The van der Waals surface area contributed by atoms with Gasteiger partial charge in [0.1, 0.15) is 0 Å². The summed E-state index contributed by atoms with van der Waals surface area (Å²) in [7, 11) is 0. The van der Waals surface area contributed by atoms with Crippen LogP contribution in [0.25, 0.3) is 0 Å². The molecule has 0 unspecified atom stereocenters. The summed E-state index contributed by atoms with van der Waals surface area (Å²) < 4.78 is 0. The quantitative estimate of drug-likeness (QED) is 0.491. The number of anilines is 2. The molecule has 0 heterocycles. The van der Waals surface area contributed by atoms with Crippen LogP contribution in [0.2, 0.25) is 0 Å². The summed E-state index contributed by atoms with van der Waals surface area (Å²) in [6, 6.07) is 7.25. The summed E-state index contributed by atoms with van der Waals surface area (Å²) in [6.45, 7) is 2.17. The molecule has 0 aliphatic heterocycles. The molecule has 0 amide bonds. The number of carbonyl (C=O) groups is 2. The molecule has 0 bridgehead atoms. The summed E-state index contributed by atoms with van der Waals surface area (Å²) in [6.07, 6.45) is 0. The fourth-order valence-electron chi connectivity index (χ4n) is 0.511. The van der Waals surface area contributed by atoms with E-state index < -0.39 is 11.9 Å². The molecule has 0 saturated heterocycles. The SMILES string of the molecule is CC(=O)O.CC(=O)O.Nc1ccccc1N. The maximum atomic E-state index is 9.00. The van der Waals surface area contributed by atoms with E-state index in [2.05, 4.69) is 0 Å². The molecular formula is C10H16N2O4. The van der Waals surface area contributed by atoms with Crippen molar-refractivity contribution in [2.45, 2.75) is 13.8 Å². The fraction of sp³-hybridized carbons (Fsp3) is 0.200. The van der Waals surface area contributed by atoms with E-state index in [4.69, 9.17) is 31.3 Å². The number of para-hydroxylation sites is 2. The molecule has 90 valence electrons. The van der Waals surface area contributed by atoms with Crippen molar-refractivity contribution in [3.05, 3.63) is 24.3 Å². The van der Waals surface area contributed by atoms with Crippen molar-refractivity contribution in [3.63, 3.8) is 0 Å². The summed E-state index contributed by atoms with van der Waals surface area (Å²) in [5.74, 6) is -1.67. The zero-order chi connectivity index (χ0) is 13.1. The predicted octanol–water partition coefficient (Wildman–Crippen LogP) is 1.03. The molecule has 6 nitrogen and oxygen atoms in total. The van der Waals surface area contributed by atoms with Gasteiger partial charge in [-0.15, -0.1) is 0 Å². The molecule has 1 rings (SSSR count). The van der Waals surface area contributed by atoms with Gasteiger partial charge in [-0.3, -0.25) is 9.59 Å². The van der Waals surface area contributed by atoms with E-state index in [1.807, 2.05) is 12.1 Å². The third kappa shape index (κ3) is 17.7. The number of carboxylic acid groups (broad SMARTS) is 2. The molecule has 0 saturated carbocycles. The summed E-state index contributed by atoms with van der Waals surface area (Å²) >= 11 is 0. The van der Waals surface area contributed by atoms with Crippen LogP contribution in [0.4, 0.5) is 11.4 Å². The molecule has 1 aromatic rings. The molecule has 0 aliphatic carbocycles. The first-order chi connectivity index (χ1) is 7.27. The topological polar surface area (TPSA) is 127 Å². The molecule has 0 aliphatic rings. The van der Waals surface area contributed by atoms with Gasteiger partial charge in [0, 0.05) is 13.8 Å². The largest absolute Gasteiger partial charge is 0.481 e. The van der Waals surface area contributed by atoms with E-state index in [0.717, 1.165) is 13.8 Å². The lowest BCUT2D eigenvalue weighted by molar-refractivity contribution is -0.135. The number of hydrogen-bond donors (Lipinski definition) is 4. The second-order valence-electron chi connectivity index (χ2n) is 2.67. The van der Waals surface area contributed by atoms with Crippen LogP contribution in [0, 0.1) is 0 Å². The van der Waals surface area contributed by atoms with Crippen LogP contribution in [0.5, 0.6) is 0 Å². The number of benzene rings is 1. The fourth-order valence-corrected chi connectivity index (χ4v) is 0.511. The van der Waals surface area contributed by atoms with E-state index >= 15 is 0 Å². The van der Waals surface area contributed by atoms with Gasteiger partial charge in [0.2, 0.25) is 0 Å². The zero-order valence-electron chi connectivity index (χ0n) is 9.18. The van der Waals surface area contributed by atoms with Gasteiger partial charge in [-0.2, -0.15) is 0 Å². The standard InChI is InChI=1S/C6H8N2.2C2H4O2/c7-5-3-1-2-4-6(5)8;2*1-2(3)4/h1-4H,7-8H2;2*1H3,(H,3,4). The summed E-state index contributed by atoms with van der Waals surface area (Å²) in [5.41, 5.74) is 12.1. The molecule has 16 heavy (non-hydrogen) atoms. The van der Waals surface area contributed by atoms with Crippen LogP contribution in [-0.4, -0.2) is 22.2 Å². The van der Waals surface area contributed by atoms with Gasteiger partial charge < -0.3 is 21.7 Å². The highest BCUT2D eigenvalue weighted by molar-refractivity contribution is 5.63. The van der Waals surface area contributed by atoms with Crippen molar-refractivity contribution in [2.75, 3.05) is 11.5 Å². The van der Waals surface area contributed by atoms with Crippen molar-refractivity contribution in [2.24, 2.45) is 0 Å². The van der Waals surface area contributed by atoms with Gasteiger partial charge in [0.25, 0.3) is 11.9 Å². The Morgan fingerprint density at radius 2 is 1.12 bits per heavy atom. The minimum Gasteiger partial charge on any atom is -0.481 e. The highest BCUT2D eigenvalue weighted by Gasteiger charge is 1.85. The summed E-state index contributed by atoms with van der Waals surface area (Å²) in [5, 5.41) is 14.8. The molecule has 6 heteroatoms. The highest BCUT2D eigenvalue weighted by Crippen LogP contribution is 2.10. The molecule has 0 fully saturated rings. The smallest absolute Gasteiger partial charge is 0.300 e. The number of nitrogens with two attached hydrogens (primary N) is 2. The Balaban J connectivity index is 0. The first kappa shape index (κ1) is 16.2. The molecule has 0 aromatic heterocycles. The van der Waals surface area contributed by atoms with Gasteiger partial charge in [0.05, 0.1) is 11.4 Å². The molecular weight excluding hydrogens is 212 g/mol. The Hall–Kier alpha value is -2.24. The lowest BCUT2D eigenvalue weighted by Crippen LogP contribution is -1.91. The Morgan fingerprint density at radius 1 is 0.938 bits per heavy atom. The maximum absolute atomic E-state index is 9.00. The maximum Gasteiger partial charge on any atom is 0.300 e. The Bertz CT molecular complexity index is 298. The Kier molecular flexibility index (Phi) is 9.44. The van der Waals surface area contributed by atoms with Crippen molar-refractivity contribution < 1.29 is 19.8 Å². The second-order valence-corrected chi connectivity index (χ2v) is 2.67. The van der Waals surface area contributed by atoms with Gasteiger partial charge in [-0.05, 0) is 12.1 Å². The van der Waals surface area contributed by atoms with Crippen LogP contribution < -0.4 is 11.5 Å². The number of carboxylic acids is 2. The van der Waals surface area contributed by atoms with Crippen molar-refractivity contribution >= 4 is 23.3 Å².